The van der Waals surface area contributed by atoms with Crippen LogP contribution in [0.15, 0.2) is 23.7 Å². The number of hydrogen-bond donors (Lipinski definition) is 2. The predicted octanol–water partition coefficient (Wildman–Crippen LogP) is 2.85. The quantitative estimate of drug-likeness (QED) is 0.633. The van der Waals surface area contributed by atoms with Crippen molar-refractivity contribution >= 4 is 21.6 Å². The Morgan fingerprint density at radius 3 is 3.06 bits per heavy atom. The molecule has 0 aliphatic heterocycles. The lowest BCUT2D eigenvalue weighted by molar-refractivity contribution is 0.382. The monoisotopic (exact) mass is 235 g/mol. The van der Waals surface area contributed by atoms with Gasteiger partial charge in [-0.2, -0.15) is 0 Å². The summed E-state index contributed by atoms with van der Waals surface area (Å²) in [6, 6.07) is 4.41. The molecule has 2 atom stereocenters. The molecule has 0 saturated carbocycles. The Morgan fingerprint density at radius 1 is 1.56 bits per heavy atom. The molecule has 2 heterocycles. The first-order valence-electron chi connectivity index (χ1n) is 5.55. The summed E-state index contributed by atoms with van der Waals surface area (Å²) >= 11 is 1.72. The molecule has 0 radical (unpaired) electrons. The molecule has 3 N–H and O–H groups in total. The van der Waals surface area contributed by atoms with Crippen LogP contribution >= 0.6 is 11.3 Å². The predicted molar refractivity (Wildman–Crippen MR) is 69.1 cm³/mol. The minimum atomic E-state index is 0.184. The largest absolute Gasteiger partial charge is 0.271 e. The molecule has 0 saturated heterocycles. The summed E-state index contributed by atoms with van der Waals surface area (Å²) in [6.45, 7) is 4.37. The second-order valence-electron chi connectivity index (χ2n) is 4.10. The van der Waals surface area contributed by atoms with E-state index in [1.54, 1.807) is 11.3 Å². The number of pyridine rings is 1. The normalized spacial score (nSPS) is 15.2. The van der Waals surface area contributed by atoms with Crippen LogP contribution in [0, 0.1) is 5.92 Å². The summed E-state index contributed by atoms with van der Waals surface area (Å²) in [5.74, 6) is 6.13. The number of fused-ring (bicyclic) bond motifs is 1. The lowest BCUT2D eigenvalue weighted by atomic mass is 9.94. The lowest BCUT2D eigenvalue weighted by Gasteiger charge is -2.22. The third-order valence-corrected chi connectivity index (χ3v) is 3.93. The van der Waals surface area contributed by atoms with Gasteiger partial charge in [0.05, 0.1) is 16.3 Å². The fourth-order valence-electron chi connectivity index (χ4n) is 1.86. The van der Waals surface area contributed by atoms with E-state index in [-0.39, 0.29) is 6.04 Å². The molecule has 0 spiro atoms. The van der Waals surface area contributed by atoms with Crippen molar-refractivity contribution in [3.05, 3.63) is 29.3 Å². The average molecular weight is 235 g/mol. The highest BCUT2D eigenvalue weighted by atomic mass is 32.1. The van der Waals surface area contributed by atoms with Crippen LogP contribution in [0.3, 0.4) is 0 Å². The van der Waals surface area contributed by atoms with Crippen LogP contribution in [-0.4, -0.2) is 4.98 Å². The third-order valence-electron chi connectivity index (χ3n) is 3.08. The average Bonchev–Trinajstić information content (AvgIpc) is 2.77. The zero-order valence-corrected chi connectivity index (χ0v) is 10.4. The summed E-state index contributed by atoms with van der Waals surface area (Å²) in [4.78, 5) is 4.44. The second-order valence-corrected chi connectivity index (χ2v) is 5.05. The molecule has 2 aromatic rings. The van der Waals surface area contributed by atoms with E-state index in [0.29, 0.717) is 5.92 Å². The van der Waals surface area contributed by atoms with Crippen LogP contribution < -0.4 is 11.3 Å². The van der Waals surface area contributed by atoms with E-state index in [2.05, 4.69) is 35.7 Å². The minimum Gasteiger partial charge on any atom is -0.271 e. The number of nitrogens with one attached hydrogen (secondary N) is 1. The van der Waals surface area contributed by atoms with Crippen molar-refractivity contribution < 1.29 is 0 Å². The van der Waals surface area contributed by atoms with Gasteiger partial charge in [0.2, 0.25) is 0 Å². The van der Waals surface area contributed by atoms with Gasteiger partial charge in [0.25, 0.3) is 0 Å². The molecule has 0 aromatic carbocycles. The van der Waals surface area contributed by atoms with Crippen molar-refractivity contribution in [1.29, 1.82) is 0 Å². The first-order chi connectivity index (χ1) is 7.76. The van der Waals surface area contributed by atoms with Gasteiger partial charge in [-0.15, -0.1) is 11.3 Å². The standard InChI is InChI=1S/C12H17N3S/c1-3-8(2)12(15-13)9-6-11-10(14-7-9)4-5-16-11/h4-8,12,15H,3,13H2,1-2H3. The van der Waals surface area contributed by atoms with Gasteiger partial charge in [0, 0.05) is 6.20 Å². The number of nitrogens with two attached hydrogens (primary N) is 1. The molecule has 0 aliphatic carbocycles. The fraction of sp³-hybridized carbons (Fsp3) is 0.417. The maximum absolute atomic E-state index is 5.63. The highest BCUT2D eigenvalue weighted by Gasteiger charge is 2.17. The SMILES string of the molecule is CCC(C)C(NN)c1cnc2ccsc2c1. The number of rotatable bonds is 4. The maximum atomic E-state index is 5.63. The van der Waals surface area contributed by atoms with Crippen molar-refractivity contribution in [3.63, 3.8) is 0 Å². The highest BCUT2D eigenvalue weighted by Crippen LogP contribution is 2.27. The summed E-state index contributed by atoms with van der Waals surface area (Å²) in [7, 11) is 0. The van der Waals surface area contributed by atoms with Crippen LogP contribution in [0.2, 0.25) is 0 Å². The van der Waals surface area contributed by atoms with Crippen molar-refractivity contribution in [2.24, 2.45) is 11.8 Å². The molecule has 0 bridgehead atoms. The van der Waals surface area contributed by atoms with Crippen molar-refractivity contribution in [1.82, 2.24) is 10.4 Å². The Morgan fingerprint density at radius 2 is 2.38 bits per heavy atom. The minimum absolute atomic E-state index is 0.184. The van der Waals surface area contributed by atoms with Crippen molar-refractivity contribution in [2.75, 3.05) is 0 Å². The molecular weight excluding hydrogens is 218 g/mol. The molecule has 4 heteroatoms. The number of nitrogens with zero attached hydrogens (tertiary/aromatic N) is 1. The van der Waals surface area contributed by atoms with E-state index >= 15 is 0 Å². The third kappa shape index (κ3) is 2.09. The van der Waals surface area contributed by atoms with Gasteiger partial charge in [-0.05, 0) is 29.0 Å². The van der Waals surface area contributed by atoms with Gasteiger partial charge in [-0.1, -0.05) is 20.3 Å². The van der Waals surface area contributed by atoms with E-state index in [4.69, 9.17) is 5.84 Å². The van der Waals surface area contributed by atoms with Gasteiger partial charge in [-0.3, -0.25) is 16.3 Å². The molecule has 86 valence electrons. The number of thiophene rings is 1. The van der Waals surface area contributed by atoms with Crippen molar-refractivity contribution in [2.45, 2.75) is 26.3 Å². The number of hydrazine groups is 1. The van der Waals surface area contributed by atoms with E-state index < -0.39 is 0 Å². The van der Waals surface area contributed by atoms with Gasteiger partial charge < -0.3 is 0 Å². The second kappa shape index (κ2) is 4.91. The molecule has 0 amide bonds. The van der Waals surface area contributed by atoms with E-state index in [1.807, 2.05) is 12.3 Å². The van der Waals surface area contributed by atoms with Crippen LogP contribution in [-0.2, 0) is 0 Å². The van der Waals surface area contributed by atoms with E-state index in [9.17, 15) is 0 Å². The highest BCUT2D eigenvalue weighted by molar-refractivity contribution is 7.17. The number of aromatic nitrogens is 1. The molecular formula is C12H17N3S. The first kappa shape index (κ1) is 11.5. The van der Waals surface area contributed by atoms with Gasteiger partial charge >= 0.3 is 0 Å². The summed E-state index contributed by atoms with van der Waals surface area (Å²) in [6.07, 6.45) is 3.02. The van der Waals surface area contributed by atoms with Gasteiger partial charge in [0.15, 0.2) is 0 Å². The van der Waals surface area contributed by atoms with Crippen LogP contribution in [0.25, 0.3) is 10.2 Å². The lowest BCUT2D eigenvalue weighted by Crippen LogP contribution is -2.32. The van der Waals surface area contributed by atoms with E-state index in [0.717, 1.165) is 11.9 Å². The Hall–Kier alpha value is -0.970. The first-order valence-corrected chi connectivity index (χ1v) is 6.43. The van der Waals surface area contributed by atoms with Gasteiger partial charge in [0.1, 0.15) is 0 Å². The summed E-state index contributed by atoms with van der Waals surface area (Å²) < 4.78 is 1.22. The smallest absolute Gasteiger partial charge is 0.0809 e. The fourth-order valence-corrected chi connectivity index (χ4v) is 2.65. The Balaban J connectivity index is 2.36. The van der Waals surface area contributed by atoms with Crippen LogP contribution in [0.1, 0.15) is 31.9 Å². The van der Waals surface area contributed by atoms with Crippen LogP contribution in [0.5, 0.6) is 0 Å². The molecule has 3 nitrogen and oxygen atoms in total. The Kier molecular flexibility index (Phi) is 3.53. The molecule has 0 fully saturated rings. The van der Waals surface area contributed by atoms with E-state index in [1.165, 1.54) is 10.3 Å². The number of hydrogen-bond acceptors (Lipinski definition) is 4. The maximum Gasteiger partial charge on any atom is 0.0809 e. The molecule has 2 aromatic heterocycles. The summed E-state index contributed by atoms with van der Waals surface area (Å²) in [5, 5.41) is 2.07. The Bertz CT molecular complexity index is 466. The van der Waals surface area contributed by atoms with Crippen LogP contribution in [0.4, 0.5) is 0 Å². The van der Waals surface area contributed by atoms with Crippen molar-refractivity contribution in [3.8, 4) is 0 Å². The molecule has 0 aliphatic rings. The zero-order chi connectivity index (χ0) is 11.5. The molecule has 2 rings (SSSR count). The Labute approximate surface area is 99.7 Å². The van der Waals surface area contributed by atoms with Gasteiger partial charge in [-0.25, -0.2) is 0 Å². The molecule has 16 heavy (non-hydrogen) atoms. The zero-order valence-electron chi connectivity index (χ0n) is 9.60. The summed E-state index contributed by atoms with van der Waals surface area (Å²) in [5.41, 5.74) is 5.13. The topological polar surface area (TPSA) is 50.9 Å². The molecule has 2 unspecified atom stereocenters.